The summed E-state index contributed by atoms with van der Waals surface area (Å²) in [4.78, 5) is 0. The molecule has 3 rings (SSSR count). The summed E-state index contributed by atoms with van der Waals surface area (Å²) in [6.45, 7) is 1.83. The molecule has 20 heavy (non-hydrogen) atoms. The van der Waals surface area contributed by atoms with Gasteiger partial charge in [-0.3, -0.25) is 0 Å². The lowest BCUT2D eigenvalue weighted by Crippen LogP contribution is -2.11. The lowest BCUT2D eigenvalue weighted by Gasteiger charge is -2.06. The van der Waals surface area contributed by atoms with Crippen LogP contribution in [0.1, 0.15) is 18.8 Å². The molecule has 0 saturated heterocycles. The summed E-state index contributed by atoms with van der Waals surface area (Å²) in [5, 5.41) is 13.7. The number of hydrogen-bond acceptors (Lipinski definition) is 4. The highest BCUT2D eigenvalue weighted by Gasteiger charge is 2.13. The minimum absolute atomic E-state index is 0.256. The SMILES string of the molecule is C[C@H](N)c1nnc2ccc(-c3ccc(Cl)cc3Cl)nn12. The number of benzene rings is 1. The highest BCUT2D eigenvalue weighted by Crippen LogP contribution is 2.29. The third-order valence-electron chi connectivity index (χ3n) is 2.90. The Hall–Kier alpha value is -1.69. The first-order valence-corrected chi connectivity index (χ1v) is 6.75. The van der Waals surface area contributed by atoms with E-state index in [9.17, 15) is 0 Å². The zero-order chi connectivity index (χ0) is 14.3. The van der Waals surface area contributed by atoms with E-state index in [2.05, 4.69) is 15.3 Å². The van der Waals surface area contributed by atoms with Crippen LogP contribution in [0, 0.1) is 0 Å². The monoisotopic (exact) mass is 307 g/mol. The number of fused-ring (bicyclic) bond motifs is 1. The molecule has 0 aliphatic carbocycles. The lowest BCUT2D eigenvalue weighted by molar-refractivity contribution is 0.696. The first-order valence-electron chi connectivity index (χ1n) is 5.99. The zero-order valence-corrected chi connectivity index (χ0v) is 12.1. The molecule has 0 amide bonds. The van der Waals surface area contributed by atoms with Gasteiger partial charge in [0.15, 0.2) is 11.5 Å². The van der Waals surface area contributed by atoms with E-state index in [1.807, 2.05) is 25.1 Å². The number of nitrogens with zero attached hydrogens (tertiary/aromatic N) is 4. The van der Waals surface area contributed by atoms with Crippen molar-refractivity contribution in [2.24, 2.45) is 5.73 Å². The molecule has 0 aliphatic heterocycles. The van der Waals surface area contributed by atoms with Crippen LogP contribution in [0.15, 0.2) is 30.3 Å². The molecule has 102 valence electrons. The number of nitrogens with two attached hydrogens (primary N) is 1. The molecule has 0 fully saturated rings. The van der Waals surface area contributed by atoms with Crippen molar-refractivity contribution < 1.29 is 0 Å². The topological polar surface area (TPSA) is 69.1 Å². The van der Waals surface area contributed by atoms with Gasteiger partial charge in [0.25, 0.3) is 0 Å². The average Bonchev–Trinajstić information content (AvgIpc) is 2.81. The molecule has 7 heteroatoms. The zero-order valence-electron chi connectivity index (χ0n) is 10.6. The van der Waals surface area contributed by atoms with Gasteiger partial charge in [0.05, 0.1) is 16.8 Å². The summed E-state index contributed by atoms with van der Waals surface area (Å²) in [7, 11) is 0. The summed E-state index contributed by atoms with van der Waals surface area (Å²) in [6.07, 6.45) is 0. The summed E-state index contributed by atoms with van der Waals surface area (Å²) < 4.78 is 1.63. The van der Waals surface area contributed by atoms with Crippen LogP contribution < -0.4 is 5.73 Å². The maximum absolute atomic E-state index is 6.20. The van der Waals surface area contributed by atoms with Crippen LogP contribution in [0.2, 0.25) is 10.0 Å². The van der Waals surface area contributed by atoms with E-state index in [1.165, 1.54) is 0 Å². The normalized spacial score (nSPS) is 12.8. The van der Waals surface area contributed by atoms with Gasteiger partial charge in [-0.2, -0.15) is 9.61 Å². The molecule has 2 N–H and O–H groups in total. The van der Waals surface area contributed by atoms with Crippen LogP contribution in [-0.2, 0) is 0 Å². The Morgan fingerprint density at radius 2 is 1.95 bits per heavy atom. The van der Waals surface area contributed by atoms with E-state index in [-0.39, 0.29) is 6.04 Å². The van der Waals surface area contributed by atoms with Crippen molar-refractivity contribution in [3.05, 3.63) is 46.2 Å². The van der Waals surface area contributed by atoms with E-state index >= 15 is 0 Å². The summed E-state index contributed by atoms with van der Waals surface area (Å²) in [5.74, 6) is 0.604. The van der Waals surface area contributed by atoms with Crippen molar-refractivity contribution in [1.29, 1.82) is 0 Å². The Morgan fingerprint density at radius 3 is 2.65 bits per heavy atom. The van der Waals surface area contributed by atoms with Gasteiger partial charge in [-0.15, -0.1) is 10.2 Å². The minimum atomic E-state index is -0.256. The Kier molecular flexibility index (Phi) is 3.33. The van der Waals surface area contributed by atoms with Crippen molar-refractivity contribution in [3.63, 3.8) is 0 Å². The molecule has 1 aromatic carbocycles. The lowest BCUT2D eigenvalue weighted by atomic mass is 10.1. The van der Waals surface area contributed by atoms with E-state index in [1.54, 1.807) is 16.6 Å². The van der Waals surface area contributed by atoms with Crippen LogP contribution in [0.3, 0.4) is 0 Å². The number of aromatic nitrogens is 4. The van der Waals surface area contributed by atoms with Gasteiger partial charge in [0, 0.05) is 10.6 Å². The standard InChI is InChI=1S/C13H11Cl2N5/c1-7(16)13-18-17-12-5-4-11(19-20(12)13)9-3-2-8(14)6-10(9)15/h2-7H,16H2,1H3/t7-/m0/s1. The second-order valence-corrected chi connectivity index (χ2v) is 5.30. The minimum Gasteiger partial charge on any atom is -0.321 e. The van der Waals surface area contributed by atoms with E-state index < -0.39 is 0 Å². The second-order valence-electron chi connectivity index (χ2n) is 4.46. The van der Waals surface area contributed by atoms with E-state index in [0.717, 1.165) is 5.56 Å². The van der Waals surface area contributed by atoms with Gasteiger partial charge >= 0.3 is 0 Å². The quantitative estimate of drug-likeness (QED) is 0.789. The van der Waals surface area contributed by atoms with Gasteiger partial charge in [0.2, 0.25) is 0 Å². The smallest absolute Gasteiger partial charge is 0.178 e. The molecule has 2 heterocycles. The molecular formula is C13H11Cl2N5. The third kappa shape index (κ3) is 2.24. The van der Waals surface area contributed by atoms with Crippen LogP contribution in [0.25, 0.3) is 16.9 Å². The summed E-state index contributed by atoms with van der Waals surface area (Å²) in [5.41, 5.74) is 8.00. The van der Waals surface area contributed by atoms with Crippen molar-refractivity contribution in [1.82, 2.24) is 19.8 Å². The van der Waals surface area contributed by atoms with Crippen LogP contribution in [-0.4, -0.2) is 19.8 Å². The largest absolute Gasteiger partial charge is 0.321 e. The number of halogens is 2. The van der Waals surface area contributed by atoms with Crippen molar-refractivity contribution in [2.75, 3.05) is 0 Å². The van der Waals surface area contributed by atoms with Gasteiger partial charge in [0.1, 0.15) is 0 Å². The van der Waals surface area contributed by atoms with E-state index in [0.29, 0.717) is 27.2 Å². The molecule has 0 unspecified atom stereocenters. The van der Waals surface area contributed by atoms with Gasteiger partial charge < -0.3 is 5.73 Å². The summed E-state index contributed by atoms with van der Waals surface area (Å²) >= 11 is 12.1. The molecule has 5 nitrogen and oxygen atoms in total. The van der Waals surface area contributed by atoms with Crippen molar-refractivity contribution in [3.8, 4) is 11.3 Å². The Morgan fingerprint density at radius 1 is 1.15 bits per heavy atom. The molecule has 0 bridgehead atoms. The van der Waals surface area contributed by atoms with Crippen LogP contribution >= 0.6 is 23.2 Å². The molecular weight excluding hydrogens is 297 g/mol. The Bertz CT molecular complexity index is 782. The second kappa shape index (κ2) is 5.01. The highest BCUT2D eigenvalue weighted by molar-refractivity contribution is 6.36. The van der Waals surface area contributed by atoms with Crippen LogP contribution in [0.4, 0.5) is 0 Å². The molecule has 0 saturated carbocycles. The van der Waals surface area contributed by atoms with Gasteiger partial charge in [-0.05, 0) is 37.3 Å². The number of rotatable bonds is 2. The fraction of sp³-hybridized carbons (Fsp3) is 0.154. The molecule has 2 aromatic heterocycles. The average molecular weight is 308 g/mol. The molecule has 0 spiro atoms. The maximum Gasteiger partial charge on any atom is 0.178 e. The predicted molar refractivity (Wildman–Crippen MR) is 78.8 cm³/mol. The summed E-state index contributed by atoms with van der Waals surface area (Å²) in [6, 6.07) is 8.69. The Labute approximate surface area is 125 Å². The maximum atomic E-state index is 6.20. The highest BCUT2D eigenvalue weighted by atomic mass is 35.5. The third-order valence-corrected chi connectivity index (χ3v) is 3.45. The van der Waals surface area contributed by atoms with E-state index in [4.69, 9.17) is 28.9 Å². The van der Waals surface area contributed by atoms with Crippen LogP contribution in [0.5, 0.6) is 0 Å². The first-order chi connectivity index (χ1) is 9.56. The molecule has 3 aromatic rings. The van der Waals surface area contributed by atoms with Gasteiger partial charge in [-0.1, -0.05) is 23.2 Å². The molecule has 0 radical (unpaired) electrons. The first kappa shape index (κ1) is 13.3. The number of hydrogen-bond donors (Lipinski definition) is 1. The fourth-order valence-electron chi connectivity index (χ4n) is 1.93. The van der Waals surface area contributed by atoms with Crippen molar-refractivity contribution >= 4 is 28.8 Å². The molecule has 0 aliphatic rings. The van der Waals surface area contributed by atoms with Crippen molar-refractivity contribution in [2.45, 2.75) is 13.0 Å². The predicted octanol–water partition coefficient (Wildman–Crippen LogP) is 3.12. The molecule has 1 atom stereocenters. The van der Waals surface area contributed by atoms with Gasteiger partial charge in [-0.25, -0.2) is 0 Å². The Balaban J connectivity index is 2.19. The fourth-order valence-corrected chi connectivity index (χ4v) is 2.44.